The topological polar surface area (TPSA) is 89.5 Å². The molecule has 0 radical (unpaired) electrons. The Labute approximate surface area is 189 Å². The molecule has 1 N–H and O–H groups in total. The molecule has 0 heterocycles. The number of fused-ring (bicyclic) bond motifs is 2. The van der Waals surface area contributed by atoms with Gasteiger partial charge < -0.3 is 10.1 Å². The van der Waals surface area contributed by atoms with Crippen LogP contribution in [0.5, 0.6) is 0 Å². The van der Waals surface area contributed by atoms with E-state index >= 15 is 0 Å². The molecule has 0 saturated heterocycles. The molecule has 0 unspecified atom stereocenters. The van der Waals surface area contributed by atoms with Gasteiger partial charge in [-0.05, 0) is 24.1 Å². The number of amides is 1. The molecule has 3 aromatic rings. The van der Waals surface area contributed by atoms with E-state index in [0.717, 1.165) is 5.56 Å². The average Bonchev–Trinajstić information content (AvgIpc) is 2.81. The molecule has 1 aliphatic carbocycles. The molecule has 160 valence electrons. The van der Waals surface area contributed by atoms with Gasteiger partial charge in [0, 0.05) is 28.7 Å². The maximum atomic E-state index is 12.8. The Kier molecular flexibility index (Phi) is 6.14. The standard InChI is InChI=1S/C25H18ClNO5/c26-20-12-18-19(25(31)17-9-5-4-8-16(17)24(18)30)13-21(20)27-22(28)14-32-23(29)11-10-15-6-2-1-3-7-15/h1-9,12-13H,10-11,14H2,(H,27,28). The lowest BCUT2D eigenvalue weighted by Gasteiger charge is -2.19. The number of halogens is 1. The van der Waals surface area contributed by atoms with Gasteiger partial charge in [-0.25, -0.2) is 0 Å². The van der Waals surface area contributed by atoms with Gasteiger partial charge in [0.05, 0.1) is 10.7 Å². The highest BCUT2D eigenvalue weighted by molar-refractivity contribution is 6.36. The summed E-state index contributed by atoms with van der Waals surface area (Å²) in [7, 11) is 0. The summed E-state index contributed by atoms with van der Waals surface area (Å²) in [6, 6.07) is 18.8. The number of aryl methyl sites for hydroxylation is 1. The molecule has 32 heavy (non-hydrogen) atoms. The summed E-state index contributed by atoms with van der Waals surface area (Å²) >= 11 is 6.24. The summed E-state index contributed by atoms with van der Waals surface area (Å²) in [5.41, 5.74) is 2.13. The van der Waals surface area contributed by atoms with E-state index < -0.39 is 18.5 Å². The molecule has 0 bridgehead atoms. The number of nitrogens with one attached hydrogen (secondary N) is 1. The minimum absolute atomic E-state index is 0.105. The van der Waals surface area contributed by atoms with Crippen LogP contribution in [0, 0.1) is 0 Å². The van der Waals surface area contributed by atoms with Gasteiger partial charge in [-0.1, -0.05) is 66.2 Å². The third kappa shape index (κ3) is 4.45. The molecule has 3 aromatic carbocycles. The summed E-state index contributed by atoms with van der Waals surface area (Å²) in [6.07, 6.45) is 0.655. The van der Waals surface area contributed by atoms with Gasteiger partial charge in [0.2, 0.25) is 0 Å². The summed E-state index contributed by atoms with van der Waals surface area (Å²) < 4.78 is 5.02. The van der Waals surface area contributed by atoms with Crippen LogP contribution in [0.3, 0.4) is 0 Å². The highest BCUT2D eigenvalue weighted by Crippen LogP contribution is 2.33. The fourth-order valence-electron chi connectivity index (χ4n) is 3.51. The number of ketones is 2. The molecular weight excluding hydrogens is 430 g/mol. The Balaban J connectivity index is 1.40. The predicted molar refractivity (Wildman–Crippen MR) is 119 cm³/mol. The SMILES string of the molecule is O=C(COC(=O)CCc1ccccc1)Nc1cc2c(cc1Cl)C(=O)c1ccccc1C2=O. The molecule has 0 aliphatic heterocycles. The Morgan fingerprint density at radius 1 is 0.812 bits per heavy atom. The van der Waals surface area contributed by atoms with Crippen LogP contribution < -0.4 is 5.32 Å². The summed E-state index contributed by atoms with van der Waals surface area (Å²) in [5, 5.41) is 2.64. The predicted octanol–water partition coefficient (Wildman–Crippen LogP) is 4.23. The van der Waals surface area contributed by atoms with Crippen LogP contribution in [0.1, 0.15) is 43.8 Å². The zero-order chi connectivity index (χ0) is 22.7. The Morgan fingerprint density at radius 2 is 1.41 bits per heavy atom. The molecule has 1 amide bonds. The van der Waals surface area contributed by atoms with Crippen molar-refractivity contribution >= 4 is 40.7 Å². The minimum Gasteiger partial charge on any atom is -0.456 e. The first-order valence-corrected chi connectivity index (χ1v) is 10.3. The molecular formula is C25H18ClNO5. The van der Waals surface area contributed by atoms with E-state index in [2.05, 4.69) is 5.32 Å². The highest BCUT2D eigenvalue weighted by atomic mass is 35.5. The fraction of sp³-hybridized carbons (Fsp3) is 0.120. The van der Waals surface area contributed by atoms with Crippen molar-refractivity contribution in [3.63, 3.8) is 0 Å². The van der Waals surface area contributed by atoms with Crippen molar-refractivity contribution in [3.05, 3.63) is 99.6 Å². The second kappa shape index (κ2) is 9.16. The number of carbonyl (C=O) groups excluding carboxylic acids is 4. The molecule has 4 rings (SSSR count). The second-order valence-corrected chi connectivity index (χ2v) is 7.68. The van der Waals surface area contributed by atoms with Gasteiger partial charge >= 0.3 is 5.97 Å². The van der Waals surface area contributed by atoms with Gasteiger partial charge in [-0.2, -0.15) is 0 Å². The first-order chi connectivity index (χ1) is 15.4. The van der Waals surface area contributed by atoms with Crippen LogP contribution in [0.4, 0.5) is 5.69 Å². The van der Waals surface area contributed by atoms with Crippen LogP contribution >= 0.6 is 11.6 Å². The number of carbonyl (C=O) groups is 4. The number of rotatable bonds is 6. The normalized spacial score (nSPS) is 12.0. The number of hydrogen-bond donors (Lipinski definition) is 1. The van der Waals surface area contributed by atoms with Crippen molar-refractivity contribution < 1.29 is 23.9 Å². The van der Waals surface area contributed by atoms with Crippen molar-refractivity contribution in [3.8, 4) is 0 Å². The maximum Gasteiger partial charge on any atom is 0.306 e. The van der Waals surface area contributed by atoms with Gasteiger partial charge in [0.25, 0.3) is 5.91 Å². The van der Waals surface area contributed by atoms with Crippen LogP contribution in [-0.4, -0.2) is 30.0 Å². The first kappa shape index (κ1) is 21.5. The number of benzene rings is 3. The Hall–Kier alpha value is -3.77. The van der Waals surface area contributed by atoms with E-state index in [1.807, 2.05) is 30.3 Å². The molecule has 6 nitrogen and oxygen atoms in total. The quantitative estimate of drug-likeness (QED) is 0.447. The number of ether oxygens (including phenoxy) is 1. The summed E-state index contributed by atoms with van der Waals surface area (Å²) in [4.78, 5) is 49.7. The van der Waals surface area contributed by atoms with Crippen LogP contribution in [-0.2, 0) is 20.7 Å². The number of hydrogen-bond acceptors (Lipinski definition) is 5. The van der Waals surface area contributed by atoms with Crippen molar-refractivity contribution in [1.82, 2.24) is 0 Å². The third-order valence-corrected chi connectivity index (χ3v) is 5.42. The van der Waals surface area contributed by atoms with Crippen LogP contribution in [0.2, 0.25) is 5.02 Å². The fourth-order valence-corrected chi connectivity index (χ4v) is 3.72. The largest absolute Gasteiger partial charge is 0.456 e. The summed E-state index contributed by atoms with van der Waals surface area (Å²) in [5.74, 6) is -1.73. The van der Waals surface area contributed by atoms with Crippen molar-refractivity contribution in [1.29, 1.82) is 0 Å². The summed E-state index contributed by atoms with van der Waals surface area (Å²) in [6.45, 7) is -0.489. The molecule has 0 fully saturated rings. The number of anilines is 1. The van der Waals surface area contributed by atoms with E-state index in [9.17, 15) is 19.2 Å². The lowest BCUT2D eigenvalue weighted by atomic mass is 9.84. The van der Waals surface area contributed by atoms with Crippen molar-refractivity contribution in [2.45, 2.75) is 12.8 Å². The van der Waals surface area contributed by atoms with Gasteiger partial charge in [-0.3, -0.25) is 19.2 Å². The van der Waals surface area contributed by atoms with Gasteiger partial charge in [0.15, 0.2) is 18.2 Å². The zero-order valence-corrected chi connectivity index (χ0v) is 17.6. The van der Waals surface area contributed by atoms with Gasteiger partial charge in [0.1, 0.15) is 0 Å². The lowest BCUT2D eigenvalue weighted by molar-refractivity contribution is -0.147. The average molecular weight is 448 g/mol. The first-order valence-electron chi connectivity index (χ1n) is 9.95. The maximum absolute atomic E-state index is 12.8. The highest BCUT2D eigenvalue weighted by Gasteiger charge is 2.30. The molecule has 1 aliphatic rings. The lowest BCUT2D eigenvalue weighted by Crippen LogP contribution is -2.23. The van der Waals surface area contributed by atoms with Crippen molar-refractivity contribution in [2.75, 3.05) is 11.9 Å². The third-order valence-electron chi connectivity index (χ3n) is 5.11. The molecule has 0 spiro atoms. The van der Waals surface area contributed by atoms with E-state index in [4.69, 9.17) is 16.3 Å². The van der Waals surface area contributed by atoms with E-state index in [1.165, 1.54) is 12.1 Å². The molecule has 0 aromatic heterocycles. The van der Waals surface area contributed by atoms with Crippen molar-refractivity contribution in [2.24, 2.45) is 0 Å². The minimum atomic E-state index is -0.602. The van der Waals surface area contributed by atoms with E-state index in [1.54, 1.807) is 24.3 Å². The van der Waals surface area contributed by atoms with Crippen LogP contribution in [0.15, 0.2) is 66.7 Å². The van der Waals surface area contributed by atoms with Crippen LogP contribution in [0.25, 0.3) is 0 Å². The second-order valence-electron chi connectivity index (χ2n) is 7.28. The monoisotopic (exact) mass is 447 g/mol. The molecule has 7 heteroatoms. The Bertz CT molecular complexity index is 1240. The molecule has 0 saturated carbocycles. The number of esters is 1. The zero-order valence-electron chi connectivity index (χ0n) is 16.9. The molecule has 0 atom stereocenters. The van der Waals surface area contributed by atoms with E-state index in [0.29, 0.717) is 17.5 Å². The smallest absolute Gasteiger partial charge is 0.306 e. The Morgan fingerprint density at radius 3 is 2.06 bits per heavy atom. The van der Waals surface area contributed by atoms with Gasteiger partial charge in [-0.15, -0.1) is 0 Å². The van der Waals surface area contributed by atoms with E-state index in [-0.39, 0.29) is 39.8 Å².